The average Bonchev–Trinajstić information content (AvgIpc) is 3.37. The second kappa shape index (κ2) is 22.8. The van der Waals surface area contributed by atoms with E-state index in [2.05, 4.69) is 5.32 Å². The number of ether oxygens (including phenoxy) is 7. The van der Waals surface area contributed by atoms with Crippen molar-refractivity contribution in [3.8, 4) is 0 Å². The van der Waals surface area contributed by atoms with Gasteiger partial charge in [-0.15, -0.1) is 0 Å². The zero-order valence-electron chi connectivity index (χ0n) is 44.7. The molecule has 4 aliphatic rings. The molecule has 3 aromatic rings. The largest absolute Gasteiger partial charge is 0.461 e. The molecule has 3 fully saturated rings. The number of esters is 6. The van der Waals surface area contributed by atoms with Gasteiger partial charge in [0.25, 0.3) is 5.91 Å². The Bertz CT molecular complexity index is 2710. The van der Waals surface area contributed by atoms with Crippen molar-refractivity contribution in [3.63, 3.8) is 0 Å². The molecular formula is C57H69N3O16. The highest BCUT2D eigenvalue weighted by atomic mass is 16.6. The molecule has 0 aromatic heterocycles. The van der Waals surface area contributed by atoms with Crippen LogP contribution in [0.3, 0.4) is 0 Å². The van der Waals surface area contributed by atoms with Gasteiger partial charge in [-0.05, 0) is 83.0 Å². The highest BCUT2D eigenvalue weighted by Gasteiger charge is 2.79. The van der Waals surface area contributed by atoms with Gasteiger partial charge in [0.15, 0.2) is 17.5 Å². The van der Waals surface area contributed by atoms with Crippen LogP contribution in [0.25, 0.3) is 0 Å². The molecule has 0 spiro atoms. The molecule has 7 rings (SSSR count). The summed E-state index contributed by atoms with van der Waals surface area (Å²) in [6.45, 7) is 8.49. The number of fused-ring (bicyclic) bond motifs is 5. The Kier molecular flexibility index (Phi) is 17.1. The van der Waals surface area contributed by atoms with Gasteiger partial charge >= 0.3 is 35.8 Å². The van der Waals surface area contributed by atoms with E-state index in [-0.39, 0.29) is 61.2 Å². The number of ketones is 1. The number of rotatable bonds is 18. The fraction of sp³-hybridized carbons (Fsp3) is 0.509. The van der Waals surface area contributed by atoms with E-state index in [0.717, 1.165) is 13.8 Å². The van der Waals surface area contributed by atoms with Crippen molar-refractivity contribution >= 4 is 47.5 Å². The maximum Gasteiger partial charge on any atom is 0.350 e. The molecule has 1 aliphatic heterocycles. The molecule has 0 radical (unpaired) electrons. The van der Waals surface area contributed by atoms with E-state index in [1.54, 1.807) is 131 Å². The molecule has 1 amide bonds. The van der Waals surface area contributed by atoms with Crippen molar-refractivity contribution in [3.05, 3.63) is 119 Å². The van der Waals surface area contributed by atoms with E-state index in [1.807, 2.05) is 0 Å². The average molecular weight is 1050 g/mol. The maximum atomic E-state index is 16.3. The van der Waals surface area contributed by atoms with Gasteiger partial charge in [0.05, 0.1) is 36.3 Å². The standard InChI is InChI=1S/C57H69N3O16/c1-33-39(72-53(68)47(74-43(64)27-29-60(9)10)45(36-20-14-11-15-21-36)58-51(66)37-22-16-12-17-23-37)31-57(69)50(75-52(67)38-24-18-13-19-25-38)48-55(6,49(65)46(71-34(2)61)44(33)54(57,4)5)40(73-42(63)26-28-59(7)8)30-41-56(48,32-70-41)76-35(3)62/h11-25,39-41,45-48,50,69H,26-32H2,1-10H3,(H,58,66)/t39-,40-,41+,45-,46+,47+,48?,50-,55+,56-,57+/m0/s1. The van der Waals surface area contributed by atoms with Gasteiger partial charge in [-0.1, -0.05) is 80.6 Å². The van der Waals surface area contributed by atoms with Crippen molar-refractivity contribution in [2.75, 3.05) is 47.9 Å². The predicted octanol–water partition coefficient (Wildman–Crippen LogP) is 4.74. The van der Waals surface area contributed by atoms with Crippen LogP contribution in [0.5, 0.6) is 0 Å². The number of nitrogens with zero attached hydrogens (tertiary/aromatic N) is 2. The number of carbonyl (C=O) groups is 8. The number of carbonyl (C=O) groups excluding carboxylic acids is 8. The highest BCUT2D eigenvalue weighted by Crippen LogP contribution is 2.65. The van der Waals surface area contributed by atoms with E-state index in [9.17, 15) is 33.9 Å². The molecule has 2 bridgehead atoms. The zero-order valence-corrected chi connectivity index (χ0v) is 44.7. The minimum absolute atomic E-state index is 0.0383. The van der Waals surface area contributed by atoms with Gasteiger partial charge in [0.1, 0.15) is 36.1 Å². The summed E-state index contributed by atoms with van der Waals surface area (Å²) in [4.78, 5) is 118. The number of aliphatic hydroxyl groups is 1. The molecule has 3 aromatic carbocycles. The molecular weight excluding hydrogens is 983 g/mol. The van der Waals surface area contributed by atoms with Gasteiger partial charge in [0, 0.05) is 50.8 Å². The summed E-state index contributed by atoms with van der Waals surface area (Å²) in [6, 6.07) is 23.0. The van der Waals surface area contributed by atoms with E-state index < -0.39 is 125 Å². The van der Waals surface area contributed by atoms with Crippen LogP contribution in [-0.2, 0) is 61.9 Å². The third-order valence-electron chi connectivity index (χ3n) is 15.5. The third-order valence-corrected chi connectivity index (χ3v) is 15.5. The SMILES string of the molecule is CC(=O)O[C@H]1C(=O)[C@@]2(C)C([C@H](OC(=O)c3ccccc3)[C@]3(O)C[C@H](OC(=O)[C@H](OC(=O)CCN(C)C)[C@@H](NC(=O)c4ccccc4)c4ccccc4)C(C)=C1C3(C)C)[C@]1(OC(C)=O)CO[C@@H]1C[C@@H]2OC(=O)CCN(C)C. The Hall–Kier alpha value is -6.80. The van der Waals surface area contributed by atoms with E-state index >= 15 is 9.59 Å². The third kappa shape index (κ3) is 11.2. The van der Waals surface area contributed by atoms with Crippen molar-refractivity contribution in [2.45, 2.75) is 121 Å². The molecule has 19 nitrogen and oxygen atoms in total. The second-order valence-corrected chi connectivity index (χ2v) is 21.4. The van der Waals surface area contributed by atoms with E-state index in [0.29, 0.717) is 5.56 Å². The fourth-order valence-corrected chi connectivity index (χ4v) is 11.5. The van der Waals surface area contributed by atoms with Crippen molar-refractivity contribution in [1.29, 1.82) is 0 Å². The Labute approximate surface area is 442 Å². The quantitative estimate of drug-likeness (QED) is 0.0993. The van der Waals surface area contributed by atoms with E-state index in [4.69, 9.17) is 33.2 Å². The van der Waals surface area contributed by atoms with Crippen molar-refractivity contribution in [2.24, 2.45) is 16.7 Å². The number of hydrogen-bond donors (Lipinski definition) is 2. The van der Waals surface area contributed by atoms with E-state index in [1.165, 1.54) is 26.0 Å². The van der Waals surface area contributed by atoms with Crippen LogP contribution >= 0.6 is 0 Å². The number of nitrogens with one attached hydrogen (secondary N) is 1. The summed E-state index contributed by atoms with van der Waals surface area (Å²) in [6.07, 6.45) is -10.9. The van der Waals surface area contributed by atoms with Crippen LogP contribution in [0.2, 0.25) is 0 Å². The first-order chi connectivity index (χ1) is 35.8. The van der Waals surface area contributed by atoms with Crippen molar-refractivity contribution < 1.29 is 76.6 Å². The summed E-state index contributed by atoms with van der Waals surface area (Å²) >= 11 is 0. The second-order valence-electron chi connectivity index (χ2n) is 21.4. The summed E-state index contributed by atoms with van der Waals surface area (Å²) in [5.74, 6) is -8.53. The summed E-state index contributed by atoms with van der Waals surface area (Å²) in [5.41, 5.74) is -7.51. The molecule has 2 N–H and O–H groups in total. The lowest BCUT2D eigenvalue weighted by atomic mass is 9.44. The molecule has 19 heteroatoms. The maximum absolute atomic E-state index is 16.3. The normalized spacial score (nSPS) is 28.1. The van der Waals surface area contributed by atoms with Crippen LogP contribution in [0.4, 0.5) is 0 Å². The van der Waals surface area contributed by atoms with Gasteiger partial charge < -0.3 is 53.4 Å². The van der Waals surface area contributed by atoms with Gasteiger partial charge in [0.2, 0.25) is 6.10 Å². The molecule has 1 unspecified atom stereocenters. The summed E-state index contributed by atoms with van der Waals surface area (Å²) in [5, 5.41) is 17.1. The lowest BCUT2D eigenvalue weighted by molar-refractivity contribution is -0.346. The monoisotopic (exact) mass is 1050 g/mol. The Balaban J connectivity index is 1.45. The van der Waals surface area contributed by atoms with Gasteiger partial charge in [-0.3, -0.25) is 28.8 Å². The minimum atomic E-state index is -2.50. The zero-order chi connectivity index (χ0) is 55.5. The molecule has 1 saturated heterocycles. The van der Waals surface area contributed by atoms with Crippen LogP contribution in [0.1, 0.15) is 99.5 Å². The van der Waals surface area contributed by atoms with Crippen LogP contribution < -0.4 is 5.32 Å². The van der Waals surface area contributed by atoms with Crippen LogP contribution in [0.15, 0.2) is 102 Å². The first-order valence-electron chi connectivity index (χ1n) is 25.4. The molecule has 408 valence electrons. The topological polar surface area (TPSA) is 240 Å². The molecule has 76 heavy (non-hydrogen) atoms. The van der Waals surface area contributed by atoms with Gasteiger partial charge in [-0.25, -0.2) is 9.59 Å². The molecule has 1 heterocycles. The number of hydrogen-bond acceptors (Lipinski definition) is 18. The number of Topliss-reactive ketones (excluding diaryl/α,β-unsaturated/α-hetero) is 1. The molecule has 11 atom stereocenters. The lowest BCUT2D eigenvalue weighted by Gasteiger charge is -2.67. The molecule has 2 saturated carbocycles. The van der Waals surface area contributed by atoms with Crippen LogP contribution in [0, 0.1) is 16.7 Å². The summed E-state index contributed by atoms with van der Waals surface area (Å²) < 4.78 is 43.8. The van der Waals surface area contributed by atoms with Crippen molar-refractivity contribution in [1.82, 2.24) is 15.1 Å². The predicted molar refractivity (Wildman–Crippen MR) is 272 cm³/mol. The van der Waals surface area contributed by atoms with Gasteiger partial charge in [-0.2, -0.15) is 0 Å². The Morgan fingerprint density at radius 2 is 1.32 bits per heavy atom. The lowest BCUT2D eigenvalue weighted by Crippen LogP contribution is -2.82. The molecule has 3 aliphatic carbocycles. The minimum Gasteiger partial charge on any atom is -0.461 e. The number of amides is 1. The van der Waals surface area contributed by atoms with Crippen LogP contribution in [-0.4, -0.2) is 158 Å². The Morgan fingerprint density at radius 1 is 0.750 bits per heavy atom. The Morgan fingerprint density at radius 3 is 1.86 bits per heavy atom. The number of benzene rings is 3. The fourth-order valence-electron chi connectivity index (χ4n) is 11.5. The first kappa shape index (κ1) is 56.9. The summed E-state index contributed by atoms with van der Waals surface area (Å²) in [7, 11) is 7.03. The smallest absolute Gasteiger partial charge is 0.350 e. The first-order valence-corrected chi connectivity index (χ1v) is 25.4. The highest BCUT2D eigenvalue weighted by molar-refractivity contribution is 5.97.